The molecule has 0 spiro atoms. The van der Waals surface area contributed by atoms with Crippen LogP contribution in [0, 0.1) is 0 Å². The van der Waals surface area contributed by atoms with Crippen LogP contribution < -0.4 is 5.73 Å². The zero-order valence-electron chi connectivity index (χ0n) is 9.32. The van der Waals surface area contributed by atoms with Gasteiger partial charge in [0.15, 0.2) is 0 Å². The first-order chi connectivity index (χ1) is 7.67. The molecule has 0 aromatic heterocycles. The van der Waals surface area contributed by atoms with Crippen molar-refractivity contribution in [2.45, 2.75) is 30.4 Å². The molecule has 0 rings (SSSR count). The summed E-state index contributed by atoms with van der Waals surface area (Å²) in [6.45, 7) is 1.30. The highest BCUT2D eigenvalue weighted by molar-refractivity contribution is 7.72. The zero-order valence-corrected chi connectivity index (χ0v) is 12.0. The van der Waals surface area contributed by atoms with E-state index in [2.05, 4.69) is 0 Å². The van der Waals surface area contributed by atoms with Crippen molar-refractivity contribution < 1.29 is 43.1 Å². The molecule has 8 N–H and O–H groups in total. The lowest BCUT2D eigenvalue weighted by molar-refractivity contribution is 0.294. The van der Waals surface area contributed by atoms with E-state index in [0.29, 0.717) is 0 Å². The first-order valence-electron chi connectivity index (χ1n) is 4.62. The summed E-state index contributed by atoms with van der Waals surface area (Å²) in [7, 11) is -15.7. The van der Waals surface area contributed by atoms with Crippen LogP contribution in [0.1, 0.15) is 19.8 Å². The molecular formula is C5H16NO9P3. The summed E-state index contributed by atoms with van der Waals surface area (Å²) in [6, 6.07) is 0. The number of nitrogens with two attached hydrogens (primary N) is 1. The number of rotatable bonds is 6. The van der Waals surface area contributed by atoms with Crippen molar-refractivity contribution in [2.75, 3.05) is 0 Å². The Morgan fingerprint density at radius 3 is 1.50 bits per heavy atom. The van der Waals surface area contributed by atoms with E-state index in [1.54, 1.807) is 0 Å². The molecule has 0 amide bonds. The van der Waals surface area contributed by atoms with Crippen LogP contribution in [0.2, 0.25) is 0 Å². The van der Waals surface area contributed by atoms with Gasteiger partial charge in [0.2, 0.25) is 5.02 Å². The molecule has 0 aromatic carbocycles. The Hall–Kier alpha value is 0.410. The van der Waals surface area contributed by atoms with Crippen molar-refractivity contribution >= 4 is 22.8 Å². The van der Waals surface area contributed by atoms with Crippen molar-refractivity contribution in [1.29, 1.82) is 0 Å². The van der Waals surface area contributed by atoms with Crippen LogP contribution in [0.5, 0.6) is 0 Å². The van der Waals surface area contributed by atoms with Gasteiger partial charge in [0.25, 0.3) is 0 Å². The average molecular weight is 327 g/mol. The minimum Gasteiger partial charge on any atom is -0.324 e. The van der Waals surface area contributed by atoms with Gasteiger partial charge < -0.3 is 35.1 Å². The smallest absolute Gasteiger partial charge is 0.324 e. The van der Waals surface area contributed by atoms with Gasteiger partial charge in [-0.3, -0.25) is 13.7 Å². The molecule has 110 valence electrons. The second kappa shape index (κ2) is 5.42. The standard InChI is InChI=1S/C5H16NO9P3/c1-2-4(16(7,8)9)3-5(6,17(10,11)12)18(13,14)15/h4H,2-3,6H2,1H3,(H2,7,8,9)(H2,10,11,12)(H2,13,14,15). The molecule has 18 heavy (non-hydrogen) atoms. The monoisotopic (exact) mass is 327 g/mol. The van der Waals surface area contributed by atoms with Crippen LogP contribution in [-0.4, -0.2) is 40.0 Å². The summed E-state index contributed by atoms with van der Waals surface area (Å²) >= 11 is 0. The molecule has 0 aliphatic carbocycles. The third kappa shape index (κ3) is 3.95. The van der Waals surface area contributed by atoms with Gasteiger partial charge >= 0.3 is 22.8 Å². The molecule has 0 aliphatic heterocycles. The van der Waals surface area contributed by atoms with Crippen LogP contribution >= 0.6 is 22.8 Å². The Morgan fingerprint density at radius 2 is 1.33 bits per heavy atom. The lowest BCUT2D eigenvalue weighted by atomic mass is 10.2. The minimum absolute atomic E-state index is 0.247. The van der Waals surface area contributed by atoms with E-state index in [-0.39, 0.29) is 6.42 Å². The van der Waals surface area contributed by atoms with Crippen LogP contribution in [0.3, 0.4) is 0 Å². The van der Waals surface area contributed by atoms with Crippen molar-refractivity contribution in [3.8, 4) is 0 Å². The highest BCUT2D eigenvalue weighted by Crippen LogP contribution is 2.69. The first-order valence-corrected chi connectivity index (χ1v) is 9.53. The number of hydrogen-bond donors (Lipinski definition) is 7. The maximum absolute atomic E-state index is 11.1. The molecule has 0 bridgehead atoms. The molecule has 10 nitrogen and oxygen atoms in total. The Kier molecular flexibility index (Phi) is 5.54. The molecule has 0 heterocycles. The molecule has 1 atom stereocenters. The van der Waals surface area contributed by atoms with E-state index in [1.807, 2.05) is 0 Å². The van der Waals surface area contributed by atoms with E-state index in [1.165, 1.54) is 6.92 Å². The molecule has 0 saturated carbocycles. The van der Waals surface area contributed by atoms with E-state index < -0.39 is 39.9 Å². The lowest BCUT2D eigenvalue weighted by Crippen LogP contribution is -2.42. The van der Waals surface area contributed by atoms with Crippen LogP contribution in [0.15, 0.2) is 0 Å². The van der Waals surface area contributed by atoms with Crippen LogP contribution in [-0.2, 0) is 13.7 Å². The van der Waals surface area contributed by atoms with Crippen LogP contribution in [0.4, 0.5) is 0 Å². The summed E-state index contributed by atoms with van der Waals surface area (Å²) < 4.78 is 33.2. The van der Waals surface area contributed by atoms with Crippen molar-refractivity contribution in [3.05, 3.63) is 0 Å². The Balaban J connectivity index is 5.63. The topological polar surface area (TPSA) is 199 Å². The van der Waals surface area contributed by atoms with E-state index in [4.69, 9.17) is 35.1 Å². The normalized spacial score (nSPS) is 16.7. The van der Waals surface area contributed by atoms with Gasteiger partial charge in [-0.25, -0.2) is 0 Å². The molecule has 1 unspecified atom stereocenters. The van der Waals surface area contributed by atoms with Gasteiger partial charge in [0, 0.05) is 6.42 Å². The van der Waals surface area contributed by atoms with Crippen molar-refractivity contribution in [3.63, 3.8) is 0 Å². The summed E-state index contributed by atoms with van der Waals surface area (Å²) in [5.74, 6) is 0. The molecule has 13 heteroatoms. The van der Waals surface area contributed by atoms with Gasteiger partial charge in [-0.1, -0.05) is 6.92 Å². The summed E-state index contributed by atoms with van der Waals surface area (Å²) in [4.78, 5) is 53.5. The lowest BCUT2D eigenvalue weighted by Gasteiger charge is -2.33. The predicted octanol–water partition coefficient (Wildman–Crippen LogP) is -0.699. The minimum atomic E-state index is -5.47. The fraction of sp³-hybridized carbons (Fsp3) is 1.00. The molecule has 0 saturated heterocycles. The largest absolute Gasteiger partial charge is 0.357 e. The fourth-order valence-corrected chi connectivity index (χ4v) is 4.82. The summed E-state index contributed by atoms with van der Waals surface area (Å²) in [6.07, 6.45) is -1.44. The highest BCUT2D eigenvalue weighted by Gasteiger charge is 2.59. The maximum atomic E-state index is 11.1. The van der Waals surface area contributed by atoms with E-state index in [9.17, 15) is 13.7 Å². The van der Waals surface area contributed by atoms with Crippen molar-refractivity contribution in [2.24, 2.45) is 5.73 Å². The molecule has 0 radical (unpaired) electrons. The summed E-state index contributed by atoms with van der Waals surface area (Å²) in [5.41, 5.74) is 3.41. The van der Waals surface area contributed by atoms with Gasteiger partial charge in [0.1, 0.15) is 0 Å². The molecular weight excluding hydrogens is 311 g/mol. The van der Waals surface area contributed by atoms with Gasteiger partial charge in [-0.2, -0.15) is 0 Å². The average Bonchev–Trinajstić information content (AvgIpc) is 2.07. The Morgan fingerprint density at radius 1 is 1.00 bits per heavy atom. The van der Waals surface area contributed by atoms with E-state index >= 15 is 0 Å². The maximum Gasteiger partial charge on any atom is 0.357 e. The van der Waals surface area contributed by atoms with Gasteiger partial charge in [0.05, 0.1) is 5.66 Å². The van der Waals surface area contributed by atoms with Crippen molar-refractivity contribution in [1.82, 2.24) is 0 Å². The SMILES string of the molecule is CCC(CC(N)(P(=O)(O)O)P(=O)(O)O)P(=O)(O)O. The van der Waals surface area contributed by atoms with Gasteiger partial charge in [-0.15, -0.1) is 0 Å². The van der Waals surface area contributed by atoms with E-state index in [0.717, 1.165) is 0 Å². The second-order valence-corrected chi connectivity index (χ2v) is 9.86. The highest BCUT2D eigenvalue weighted by atomic mass is 31.2. The first kappa shape index (κ1) is 18.4. The Bertz CT molecular complexity index is 409. The second-order valence-electron chi connectivity index (χ2n) is 3.82. The molecule has 0 fully saturated rings. The fourth-order valence-electron chi connectivity index (χ4n) is 1.26. The Labute approximate surface area is 103 Å². The molecule has 0 aromatic rings. The third-order valence-electron chi connectivity index (χ3n) is 2.49. The quantitative estimate of drug-likeness (QED) is 0.306. The summed E-state index contributed by atoms with van der Waals surface area (Å²) in [5, 5.41) is -3.30. The predicted molar refractivity (Wildman–Crippen MR) is 61.7 cm³/mol. The third-order valence-corrected chi connectivity index (χ3v) is 7.94. The van der Waals surface area contributed by atoms with Crippen LogP contribution in [0.25, 0.3) is 0 Å². The number of hydrogen-bond acceptors (Lipinski definition) is 4. The molecule has 0 aliphatic rings. The zero-order chi connectivity index (χ0) is 15.0. The van der Waals surface area contributed by atoms with Gasteiger partial charge in [-0.05, 0) is 6.42 Å².